The normalized spacial score (nSPS) is 12.5. The van der Waals surface area contributed by atoms with Crippen LogP contribution in [0.25, 0.3) is 11.0 Å². The van der Waals surface area contributed by atoms with Crippen LogP contribution in [0.3, 0.4) is 0 Å². The monoisotopic (exact) mass is 370 g/mol. The Kier molecular flexibility index (Phi) is 5.28. The summed E-state index contributed by atoms with van der Waals surface area (Å²) in [6.07, 6.45) is 0. The molecule has 6 heteroatoms. The SMILES string of the molecule is Cc1nc(NC(C)c2ccc(Cl)cc2)nc2c1ccc(=O)n2CC(C)C. The Balaban J connectivity index is 2.01. The second-order valence-corrected chi connectivity index (χ2v) is 7.40. The van der Waals surface area contributed by atoms with Crippen molar-refractivity contribution in [3.63, 3.8) is 0 Å². The molecule has 1 atom stereocenters. The lowest BCUT2D eigenvalue weighted by Gasteiger charge is -2.17. The first kappa shape index (κ1) is 18.4. The van der Waals surface area contributed by atoms with Crippen molar-refractivity contribution < 1.29 is 0 Å². The molecule has 3 aromatic rings. The molecule has 3 rings (SSSR count). The quantitative estimate of drug-likeness (QED) is 0.714. The number of nitrogens with zero attached hydrogens (tertiary/aromatic N) is 3. The van der Waals surface area contributed by atoms with Crippen molar-refractivity contribution in [2.75, 3.05) is 5.32 Å². The summed E-state index contributed by atoms with van der Waals surface area (Å²) in [6, 6.07) is 11.1. The van der Waals surface area contributed by atoms with Crippen molar-refractivity contribution in [1.82, 2.24) is 14.5 Å². The van der Waals surface area contributed by atoms with E-state index in [1.54, 1.807) is 16.7 Å². The van der Waals surface area contributed by atoms with Crippen LogP contribution in [0.4, 0.5) is 5.95 Å². The number of hydrogen-bond donors (Lipinski definition) is 1. The number of fused-ring (bicyclic) bond motifs is 1. The summed E-state index contributed by atoms with van der Waals surface area (Å²) in [5.41, 5.74) is 2.56. The van der Waals surface area contributed by atoms with Gasteiger partial charge < -0.3 is 5.32 Å². The second-order valence-electron chi connectivity index (χ2n) is 6.96. The Hall–Kier alpha value is -2.40. The molecule has 0 radical (unpaired) electrons. The third-order valence-electron chi connectivity index (χ3n) is 4.29. The topological polar surface area (TPSA) is 59.8 Å². The highest BCUT2D eigenvalue weighted by atomic mass is 35.5. The van der Waals surface area contributed by atoms with Gasteiger partial charge in [-0.1, -0.05) is 37.6 Å². The molecular weight excluding hydrogens is 348 g/mol. The molecule has 0 fully saturated rings. The molecule has 0 amide bonds. The number of nitrogens with one attached hydrogen (secondary N) is 1. The highest BCUT2D eigenvalue weighted by Gasteiger charge is 2.13. The molecule has 0 aliphatic carbocycles. The first-order chi connectivity index (χ1) is 12.3. The van der Waals surface area contributed by atoms with E-state index in [2.05, 4.69) is 29.1 Å². The number of pyridine rings is 1. The van der Waals surface area contributed by atoms with Crippen molar-refractivity contribution in [3.8, 4) is 0 Å². The largest absolute Gasteiger partial charge is 0.348 e. The summed E-state index contributed by atoms with van der Waals surface area (Å²) in [7, 11) is 0. The standard InChI is InChI=1S/C20H23ClN4O/c1-12(2)11-25-18(26)10-9-17-14(4)23-20(24-19(17)25)22-13(3)15-5-7-16(21)8-6-15/h5-10,12-13H,11H2,1-4H3,(H,22,23,24). The zero-order valence-corrected chi connectivity index (χ0v) is 16.2. The van der Waals surface area contributed by atoms with E-state index in [0.717, 1.165) is 16.6 Å². The maximum absolute atomic E-state index is 12.3. The number of rotatable bonds is 5. The number of aromatic nitrogens is 3. The molecule has 1 unspecified atom stereocenters. The van der Waals surface area contributed by atoms with Crippen molar-refractivity contribution in [2.24, 2.45) is 5.92 Å². The van der Waals surface area contributed by atoms with Gasteiger partial charge in [0.2, 0.25) is 5.95 Å². The number of benzene rings is 1. The van der Waals surface area contributed by atoms with Crippen LogP contribution in [0.5, 0.6) is 0 Å². The molecule has 26 heavy (non-hydrogen) atoms. The molecule has 0 spiro atoms. The van der Waals surface area contributed by atoms with Crippen molar-refractivity contribution >= 4 is 28.6 Å². The first-order valence-corrected chi connectivity index (χ1v) is 9.13. The Morgan fingerprint density at radius 3 is 2.42 bits per heavy atom. The van der Waals surface area contributed by atoms with E-state index in [1.807, 2.05) is 38.1 Å². The van der Waals surface area contributed by atoms with Gasteiger partial charge in [0.25, 0.3) is 5.56 Å². The van der Waals surface area contributed by atoms with Crippen molar-refractivity contribution in [3.05, 3.63) is 63.0 Å². The molecule has 2 heterocycles. The number of halogens is 1. The van der Waals surface area contributed by atoms with Gasteiger partial charge in [-0.25, -0.2) is 4.98 Å². The average Bonchev–Trinajstić information content (AvgIpc) is 2.58. The second kappa shape index (κ2) is 7.46. The van der Waals surface area contributed by atoms with Crippen molar-refractivity contribution in [2.45, 2.75) is 40.3 Å². The molecule has 136 valence electrons. The lowest BCUT2D eigenvalue weighted by atomic mass is 10.1. The fourth-order valence-corrected chi connectivity index (χ4v) is 3.08. The predicted octanol–water partition coefficient (Wildman–Crippen LogP) is 4.58. The fourth-order valence-electron chi connectivity index (χ4n) is 2.95. The number of anilines is 1. The van der Waals surface area contributed by atoms with E-state index >= 15 is 0 Å². The molecule has 1 N–H and O–H groups in total. The van der Waals surface area contributed by atoms with Gasteiger partial charge in [-0.3, -0.25) is 9.36 Å². The minimum absolute atomic E-state index is 0.0121. The van der Waals surface area contributed by atoms with Crippen LogP contribution in [0.15, 0.2) is 41.2 Å². The third-order valence-corrected chi connectivity index (χ3v) is 4.55. The molecule has 1 aromatic carbocycles. The summed E-state index contributed by atoms with van der Waals surface area (Å²) < 4.78 is 1.73. The highest BCUT2D eigenvalue weighted by Crippen LogP contribution is 2.22. The van der Waals surface area contributed by atoms with Gasteiger partial charge in [0.1, 0.15) is 5.65 Å². The van der Waals surface area contributed by atoms with Gasteiger partial charge in [0.05, 0.1) is 11.7 Å². The van der Waals surface area contributed by atoms with Gasteiger partial charge in [0, 0.05) is 23.0 Å². The Morgan fingerprint density at radius 2 is 1.77 bits per heavy atom. The molecule has 0 aliphatic rings. The number of hydrogen-bond acceptors (Lipinski definition) is 4. The van der Waals surface area contributed by atoms with Crippen LogP contribution < -0.4 is 10.9 Å². The summed E-state index contributed by atoms with van der Waals surface area (Å²) in [5, 5.41) is 4.93. The lowest BCUT2D eigenvalue weighted by molar-refractivity contribution is 0.521. The zero-order valence-electron chi connectivity index (χ0n) is 15.5. The van der Waals surface area contributed by atoms with E-state index in [1.165, 1.54) is 0 Å². The summed E-state index contributed by atoms with van der Waals surface area (Å²) in [6.45, 7) is 8.77. The van der Waals surface area contributed by atoms with Gasteiger partial charge in [-0.2, -0.15) is 4.98 Å². The van der Waals surface area contributed by atoms with E-state index in [4.69, 9.17) is 11.6 Å². The molecule has 0 bridgehead atoms. The molecule has 2 aromatic heterocycles. The summed E-state index contributed by atoms with van der Waals surface area (Å²) in [4.78, 5) is 21.6. The molecular formula is C20H23ClN4O. The lowest BCUT2D eigenvalue weighted by Crippen LogP contribution is -2.23. The van der Waals surface area contributed by atoms with Gasteiger partial charge in [-0.15, -0.1) is 0 Å². The summed E-state index contributed by atoms with van der Waals surface area (Å²) in [5.74, 6) is 0.860. The smallest absolute Gasteiger partial charge is 0.252 e. The minimum atomic E-state index is -0.0407. The first-order valence-electron chi connectivity index (χ1n) is 8.75. The highest BCUT2D eigenvalue weighted by molar-refractivity contribution is 6.30. The molecule has 0 saturated heterocycles. The Morgan fingerprint density at radius 1 is 1.08 bits per heavy atom. The van der Waals surface area contributed by atoms with Crippen LogP contribution in [-0.4, -0.2) is 14.5 Å². The van der Waals surface area contributed by atoms with Crippen LogP contribution in [0, 0.1) is 12.8 Å². The fraction of sp³-hybridized carbons (Fsp3) is 0.350. The van der Waals surface area contributed by atoms with Crippen molar-refractivity contribution in [1.29, 1.82) is 0 Å². The van der Waals surface area contributed by atoms with Crippen LogP contribution in [0.1, 0.15) is 38.1 Å². The number of aryl methyl sites for hydroxylation is 1. The van der Waals surface area contributed by atoms with Crippen LogP contribution in [-0.2, 0) is 6.54 Å². The van der Waals surface area contributed by atoms with E-state index in [9.17, 15) is 4.79 Å². The van der Waals surface area contributed by atoms with E-state index < -0.39 is 0 Å². The van der Waals surface area contributed by atoms with E-state index in [-0.39, 0.29) is 11.6 Å². The summed E-state index contributed by atoms with van der Waals surface area (Å²) >= 11 is 5.96. The van der Waals surface area contributed by atoms with Crippen LogP contribution in [0.2, 0.25) is 5.02 Å². The van der Waals surface area contributed by atoms with E-state index in [0.29, 0.717) is 29.1 Å². The molecule has 0 saturated carbocycles. The average molecular weight is 371 g/mol. The Bertz CT molecular complexity index is 980. The Labute approximate surface area is 158 Å². The van der Waals surface area contributed by atoms with Gasteiger partial charge in [-0.05, 0) is 43.5 Å². The van der Waals surface area contributed by atoms with Gasteiger partial charge >= 0.3 is 0 Å². The maximum atomic E-state index is 12.3. The maximum Gasteiger partial charge on any atom is 0.252 e. The minimum Gasteiger partial charge on any atom is -0.348 e. The zero-order chi connectivity index (χ0) is 18.8. The molecule has 5 nitrogen and oxygen atoms in total. The van der Waals surface area contributed by atoms with Crippen LogP contribution >= 0.6 is 11.6 Å². The third kappa shape index (κ3) is 3.88. The van der Waals surface area contributed by atoms with Gasteiger partial charge in [0.15, 0.2) is 0 Å². The predicted molar refractivity (Wildman–Crippen MR) is 107 cm³/mol. The molecule has 0 aliphatic heterocycles.